The van der Waals surface area contributed by atoms with Crippen molar-refractivity contribution in [2.45, 2.75) is 32.8 Å². The van der Waals surface area contributed by atoms with Crippen molar-refractivity contribution < 1.29 is 9.53 Å². The molecule has 6 rings (SSSR count). The lowest BCUT2D eigenvalue weighted by Crippen LogP contribution is -2.25. The summed E-state index contributed by atoms with van der Waals surface area (Å²) >= 11 is 0. The van der Waals surface area contributed by atoms with E-state index < -0.39 is 0 Å². The van der Waals surface area contributed by atoms with Crippen molar-refractivity contribution in [2.75, 3.05) is 5.32 Å². The van der Waals surface area contributed by atoms with Crippen LogP contribution in [0.3, 0.4) is 0 Å². The first-order valence-electron chi connectivity index (χ1n) is 11.4. The monoisotopic (exact) mass is 465 g/mol. The van der Waals surface area contributed by atoms with E-state index in [1.807, 2.05) is 43.3 Å². The van der Waals surface area contributed by atoms with Crippen LogP contribution in [0, 0.1) is 13.8 Å². The van der Waals surface area contributed by atoms with E-state index >= 15 is 0 Å². The highest BCUT2D eigenvalue weighted by molar-refractivity contribution is 5.95. The van der Waals surface area contributed by atoms with Gasteiger partial charge in [-0.1, -0.05) is 42.0 Å². The first-order chi connectivity index (χ1) is 17.0. The summed E-state index contributed by atoms with van der Waals surface area (Å²) in [7, 11) is 0. The number of nitrogens with one attached hydrogen (secondary N) is 1. The van der Waals surface area contributed by atoms with Gasteiger partial charge in [0.25, 0.3) is 0 Å². The maximum absolute atomic E-state index is 12.8. The Balaban J connectivity index is 1.33. The molecule has 35 heavy (non-hydrogen) atoms. The largest absolute Gasteiger partial charge is 0.489 e. The highest BCUT2D eigenvalue weighted by Crippen LogP contribution is 2.40. The van der Waals surface area contributed by atoms with E-state index in [1.54, 1.807) is 9.20 Å². The van der Waals surface area contributed by atoms with Crippen LogP contribution in [0.5, 0.6) is 5.75 Å². The number of anilines is 1. The Labute approximate surface area is 201 Å². The third-order valence-electron chi connectivity index (χ3n) is 6.25. The third kappa shape index (κ3) is 3.90. The number of hydrogen-bond donors (Lipinski definition) is 1. The Morgan fingerprint density at radius 1 is 1.06 bits per heavy atom. The van der Waals surface area contributed by atoms with Crippen molar-refractivity contribution in [1.29, 1.82) is 0 Å². The molecule has 1 unspecified atom stereocenters. The molecule has 9 nitrogen and oxygen atoms in total. The zero-order valence-electron chi connectivity index (χ0n) is 19.3. The number of ether oxygens (including phenoxy) is 1. The SMILES string of the molecule is Cc1ccc(COc2cccc(C3CC(=O)Nc4c3c(C)nn4-c3ccc4nncn4n3)c2)cc1. The minimum Gasteiger partial charge on any atom is -0.489 e. The molecule has 9 heteroatoms. The summed E-state index contributed by atoms with van der Waals surface area (Å²) in [4.78, 5) is 12.8. The van der Waals surface area contributed by atoms with Gasteiger partial charge in [-0.2, -0.15) is 14.3 Å². The van der Waals surface area contributed by atoms with Gasteiger partial charge in [0, 0.05) is 17.9 Å². The summed E-state index contributed by atoms with van der Waals surface area (Å²) in [5, 5.41) is 20.1. The predicted octanol–water partition coefficient (Wildman–Crippen LogP) is 3.98. The first kappa shape index (κ1) is 21.0. The average molecular weight is 466 g/mol. The van der Waals surface area contributed by atoms with Crippen molar-refractivity contribution in [3.8, 4) is 11.6 Å². The van der Waals surface area contributed by atoms with Gasteiger partial charge in [0.1, 0.15) is 24.5 Å². The summed E-state index contributed by atoms with van der Waals surface area (Å²) in [6, 6.07) is 19.9. The molecule has 1 atom stereocenters. The Kier molecular flexibility index (Phi) is 5.02. The van der Waals surface area contributed by atoms with Crippen LogP contribution < -0.4 is 10.1 Å². The predicted molar refractivity (Wildman–Crippen MR) is 130 cm³/mol. The number of aryl methyl sites for hydroxylation is 2. The fourth-order valence-electron chi connectivity index (χ4n) is 4.50. The molecule has 0 fully saturated rings. The van der Waals surface area contributed by atoms with E-state index in [0.717, 1.165) is 28.1 Å². The van der Waals surface area contributed by atoms with Crippen LogP contribution in [0.15, 0.2) is 67.0 Å². The van der Waals surface area contributed by atoms with Gasteiger partial charge >= 0.3 is 0 Å². The average Bonchev–Trinajstić information content (AvgIpc) is 3.47. The second-order valence-electron chi connectivity index (χ2n) is 8.74. The van der Waals surface area contributed by atoms with Gasteiger partial charge in [-0.25, -0.2) is 0 Å². The molecule has 0 saturated heterocycles. The van der Waals surface area contributed by atoms with E-state index in [-0.39, 0.29) is 11.8 Å². The topological polar surface area (TPSA) is 99.2 Å². The molecule has 0 aliphatic carbocycles. The lowest BCUT2D eigenvalue weighted by atomic mass is 9.86. The molecular weight excluding hydrogens is 442 g/mol. The zero-order valence-corrected chi connectivity index (χ0v) is 19.3. The van der Waals surface area contributed by atoms with Crippen LogP contribution in [-0.2, 0) is 11.4 Å². The van der Waals surface area contributed by atoms with Crippen LogP contribution in [0.2, 0.25) is 0 Å². The quantitative estimate of drug-likeness (QED) is 0.422. The van der Waals surface area contributed by atoms with Crippen LogP contribution in [0.4, 0.5) is 5.82 Å². The van der Waals surface area contributed by atoms with Gasteiger partial charge in [0.05, 0.1) is 5.69 Å². The Hall–Kier alpha value is -4.53. The van der Waals surface area contributed by atoms with Crippen LogP contribution >= 0.6 is 0 Å². The number of amides is 1. The molecule has 1 aliphatic heterocycles. The van der Waals surface area contributed by atoms with E-state index in [9.17, 15) is 4.79 Å². The molecule has 3 aromatic heterocycles. The fourth-order valence-corrected chi connectivity index (χ4v) is 4.50. The minimum atomic E-state index is -0.144. The Morgan fingerprint density at radius 3 is 2.77 bits per heavy atom. The molecule has 1 amide bonds. The summed E-state index contributed by atoms with van der Waals surface area (Å²) in [5.74, 6) is 1.75. The second-order valence-corrected chi connectivity index (χ2v) is 8.74. The highest BCUT2D eigenvalue weighted by atomic mass is 16.5. The first-order valence-corrected chi connectivity index (χ1v) is 11.4. The van der Waals surface area contributed by atoms with Crippen molar-refractivity contribution in [1.82, 2.24) is 29.6 Å². The number of nitrogens with zero attached hydrogens (tertiary/aromatic N) is 6. The lowest BCUT2D eigenvalue weighted by Gasteiger charge is -2.24. The molecule has 2 aromatic carbocycles. The smallest absolute Gasteiger partial charge is 0.226 e. The number of carbonyl (C=O) groups excluding carboxylic acids is 1. The van der Waals surface area contributed by atoms with Gasteiger partial charge in [-0.3, -0.25) is 4.79 Å². The number of aromatic nitrogens is 6. The van der Waals surface area contributed by atoms with Crippen LogP contribution in [0.25, 0.3) is 11.5 Å². The molecular formula is C26H23N7O2. The van der Waals surface area contributed by atoms with Crippen molar-refractivity contribution in [3.05, 3.63) is 94.9 Å². The summed E-state index contributed by atoms with van der Waals surface area (Å²) in [5.41, 5.74) is 5.78. The lowest BCUT2D eigenvalue weighted by molar-refractivity contribution is -0.116. The van der Waals surface area contributed by atoms with Crippen molar-refractivity contribution >= 4 is 17.4 Å². The molecule has 0 bridgehead atoms. The van der Waals surface area contributed by atoms with Crippen molar-refractivity contribution in [2.24, 2.45) is 0 Å². The van der Waals surface area contributed by atoms with Gasteiger partial charge < -0.3 is 10.1 Å². The number of hydrogen-bond acceptors (Lipinski definition) is 6. The van der Waals surface area contributed by atoms with Crippen LogP contribution in [-0.4, -0.2) is 35.5 Å². The van der Waals surface area contributed by atoms with E-state index in [0.29, 0.717) is 30.3 Å². The van der Waals surface area contributed by atoms with Gasteiger partial charge in [-0.15, -0.1) is 15.3 Å². The maximum Gasteiger partial charge on any atom is 0.226 e. The third-order valence-corrected chi connectivity index (χ3v) is 6.25. The molecule has 0 radical (unpaired) electrons. The second kappa shape index (κ2) is 8.35. The van der Waals surface area contributed by atoms with E-state index in [2.05, 4.69) is 51.8 Å². The molecule has 0 spiro atoms. The fraction of sp³-hybridized carbons (Fsp3) is 0.192. The Morgan fingerprint density at radius 2 is 1.91 bits per heavy atom. The zero-order chi connectivity index (χ0) is 23.9. The molecule has 1 N–H and O–H groups in total. The standard InChI is InChI=1S/C26H23N7O2/c1-16-6-8-18(9-7-16)14-35-20-5-3-4-19(12-20)21-13-24(34)28-26-25(21)17(2)30-33(26)23-11-10-22-29-27-15-32(22)31-23/h3-12,15,21H,13-14H2,1-2H3,(H,28,34). The number of benzene rings is 2. The molecule has 4 heterocycles. The summed E-state index contributed by atoms with van der Waals surface area (Å²) < 4.78 is 9.32. The molecule has 0 saturated carbocycles. The highest BCUT2D eigenvalue weighted by Gasteiger charge is 2.33. The van der Waals surface area contributed by atoms with Gasteiger partial charge in [0.2, 0.25) is 5.91 Å². The summed E-state index contributed by atoms with van der Waals surface area (Å²) in [6.07, 6.45) is 1.87. The summed E-state index contributed by atoms with van der Waals surface area (Å²) in [6.45, 7) is 4.50. The van der Waals surface area contributed by atoms with Gasteiger partial charge in [-0.05, 0) is 49.2 Å². The molecule has 174 valence electrons. The van der Waals surface area contributed by atoms with Crippen LogP contribution in [0.1, 0.15) is 40.3 Å². The molecule has 1 aliphatic rings. The number of fused-ring (bicyclic) bond motifs is 2. The number of carbonyl (C=O) groups is 1. The van der Waals surface area contributed by atoms with E-state index in [4.69, 9.17) is 9.84 Å². The van der Waals surface area contributed by atoms with Crippen molar-refractivity contribution in [3.63, 3.8) is 0 Å². The van der Waals surface area contributed by atoms with E-state index in [1.165, 1.54) is 11.9 Å². The van der Waals surface area contributed by atoms with Gasteiger partial charge in [0.15, 0.2) is 11.5 Å². The number of rotatable bonds is 5. The molecule has 5 aromatic rings. The normalized spacial score (nSPS) is 15.1. The Bertz CT molecular complexity index is 1550. The minimum absolute atomic E-state index is 0.0694. The maximum atomic E-state index is 12.8.